The molecule has 6 heteroatoms. The molecule has 1 heterocycles. The minimum absolute atomic E-state index is 0.184. The van der Waals surface area contributed by atoms with Crippen molar-refractivity contribution >= 4 is 16.7 Å². The summed E-state index contributed by atoms with van der Waals surface area (Å²) in [5.74, 6) is 0.535. The molecule has 3 aromatic rings. The summed E-state index contributed by atoms with van der Waals surface area (Å²) in [6.45, 7) is 5.22. The molecule has 27 heavy (non-hydrogen) atoms. The second-order valence-electron chi connectivity index (χ2n) is 6.29. The van der Waals surface area contributed by atoms with Gasteiger partial charge in [-0.25, -0.2) is 4.68 Å². The molecule has 1 aromatic heterocycles. The van der Waals surface area contributed by atoms with Crippen LogP contribution in [0.4, 0.5) is 0 Å². The summed E-state index contributed by atoms with van der Waals surface area (Å²) in [4.78, 5) is 24.9. The minimum atomic E-state index is -0.288. The fourth-order valence-corrected chi connectivity index (χ4v) is 2.87. The van der Waals surface area contributed by atoms with Crippen molar-refractivity contribution in [3.05, 3.63) is 70.1 Å². The van der Waals surface area contributed by atoms with Crippen LogP contribution in [0.2, 0.25) is 0 Å². The highest BCUT2D eigenvalue weighted by atomic mass is 16.5. The van der Waals surface area contributed by atoms with Crippen molar-refractivity contribution in [3.8, 4) is 5.75 Å². The van der Waals surface area contributed by atoms with Gasteiger partial charge in [-0.2, -0.15) is 5.10 Å². The molecule has 3 rings (SSSR count). The Morgan fingerprint density at radius 1 is 1.15 bits per heavy atom. The van der Waals surface area contributed by atoms with Crippen LogP contribution in [0.3, 0.4) is 0 Å². The lowest BCUT2D eigenvalue weighted by atomic mass is 10.1. The molecule has 0 aliphatic carbocycles. The van der Waals surface area contributed by atoms with E-state index >= 15 is 0 Å². The smallest absolute Gasteiger partial charge is 0.274 e. The normalized spacial score (nSPS) is 10.7. The molecule has 1 amide bonds. The summed E-state index contributed by atoms with van der Waals surface area (Å²) >= 11 is 0. The van der Waals surface area contributed by atoms with Crippen molar-refractivity contribution in [2.45, 2.75) is 26.8 Å². The zero-order valence-corrected chi connectivity index (χ0v) is 15.6. The number of carbonyl (C=O) groups is 1. The maximum Gasteiger partial charge on any atom is 0.274 e. The molecule has 0 saturated heterocycles. The molecule has 0 aliphatic heterocycles. The van der Waals surface area contributed by atoms with Crippen molar-refractivity contribution in [2.75, 3.05) is 13.2 Å². The number of ether oxygens (including phenoxy) is 1. The molecule has 0 atom stereocenters. The Bertz CT molecular complexity index is 1010. The maximum absolute atomic E-state index is 12.6. The van der Waals surface area contributed by atoms with Crippen LogP contribution in [0, 0.1) is 6.92 Å². The summed E-state index contributed by atoms with van der Waals surface area (Å²) in [6.07, 6.45) is 0.672. The van der Waals surface area contributed by atoms with Crippen molar-refractivity contribution in [3.63, 3.8) is 0 Å². The zero-order valence-electron chi connectivity index (χ0n) is 15.6. The second kappa shape index (κ2) is 8.49. The average Bonchev–Trinajstić information content (AvgIpc) is 2.68. The lowest BCUT2D eigenvalue weighted by molar-refractivity contribution is 0.0946. The summed E-state index contributed by atoms with van der Waals surface area (Å²) in [5.41, 5.74) is 1.23. The van der Waals surface area contributed by atoms with E-state index in [1.165, 1.54) is 4.68 Å². The number of rotatable bonds is 7. The van der Waals surface area contributed by atoms with Crippen LogP contribution in [0.25, 0.3) is 10.8 Å². The van der Waals surface area contributed by atoms with Gasteiger partial charge in [-0.05, 0) is 44.0 Å². The SMILES string of the molecule is CCn1nc(C(=O)NCCCOc2cccc(C)c2)c2ccccc2c1=O. The maximum atomic E-state index is 12.6. The second-order valence-corrected chi connectivity index (χ2v) is 6.29. The number of fused-ring (bicyclic) bond motifs is 1. The van der Waals surface area contributed by atoms with Crippen molar-refractivity contribution in [2.24, 2.45) is 0 Å². The molecule has 0 radical (unpaired) electrons. The number of aryl methyl sites for hydroxylation is 2. The Morgan fingerprint density at radius 2 is 1.93 bits per heavy atom. The lowest BCUT2D eigenvalue weighted by Gasteiger charge is -2.10. The van der Waals surface area contributed by atoms with E-state index in [1.807, 2.05) is 38.1 Å². The first-order valence-electron chi connectivity index (χ1n) is 9.07. The first kappa shape index (κ1) is 18.6. The summed E-state index contributed by atoms with van der Waals surface area (Å²) in [7, 11) is 0. The highest BCUT2D eigenvalue weighted by Crippen LogP contribution is 2.14. The Kier molecular flexibility index (Phi) is 5.86. The van der Waals surface area contributed by atoms with E-state index in [0.29, 0.717) is 36.9 Å². The van der Waals surface area contributed by atoms with E-state index in [1.54, 1.807) is 24.3 Å². The van der Waals surface area contributed by atoms with Crippen molar-refractivity contribution < 1.29 is 9.53 Å². The number of aromatic nitrogens is 2. The molecule has 0 bridgehead atoms. The predicted molar refractivity (Wildman–Crippen MR) is 105 cm³/mol. The number of hydrogen-bond acceptors (Lipinski definition) is 4. The van der Waals surface area contributed by atoms with Gasteiger partial charge in [0, 0.05) is 18.5 Å². The van der Waals surface area contributed by atoms with Gasteiger partial charge in [0.15, 0.2) is 5.69 Å². The Labute approximate surface area is 157 Å². The molecule has 0 saturated carbocycles. The third-order valence-corrected chi connectivity index (χ3v) is 4.25. The Morgan fingerprint density at radius 3 is 2.67 bits per heavy atom. The van der Waals surface area contributed by atoms with Crippen molar-refractivity contribution in [1.82, 2.24) is 15.1 Å². The van der Waals surface area contributed by atoms with Gasteiger partial charge in [-0.3, -0.25) is 9.59 Å². The van der Waals surface area contributed by atoms with Gasteiger partial charge >= 0.3 is 0 Å². The predicted octanol–water partition coefficient (Wildman–Crippen LogP) is 2.92. The standard InChI is InChI=1S/C21H23N3O3/c1-3-24-21(26)18-11-5-4-10-17(18)19(23-24)20(25)22-12-7-13-27-16-9-6-8-15(2)14-16/h4-6,8-11,14H,3,7,12-13H2,1-2H3,(H,22,25). The van der Waals surface area contributed by atoms with E-state index in [2.05, 4.69) is 10.4 Å². The number of hydrogen-bond donors (Lipinski definition) is 1. The third-order valence-electron chi connectivity index (χ3n) is 4.25. The number of nitrogens with one attached hydrogen (secondary N) is 1. The molecular weight excluding hydrogens is 342 g/mol. The van der Waals surface area contributed by atoms with Gasteiger partial charge in [0.2, 0.25) is 0 Å². The van der Waals surface area contributed by atoms with Crippen LogP contribution in [0.5, 0.6) is 5.75 Å². The van der Waals surface area contributed by atoms with Gasteiger partial charge in [0.25, 0.3) is 11.5 Å². The number of nitrogens with zero attached hydrogens (tertiary/aromatic N) is 2. The van der Waals surface area contributed by atoms with Crippen LogP contribution < -0.4 is 15.6 Å². The molecule has 1 N–H and O–H groups in total. The summed E-state index contributed by atoms with van der Waals surface area (Å²) < 4.78 is 7.00. The fraction of sp³-hybridized carbons (Fsp3) is 0.286. The van der Waals surface area contributed by atoms with Gasteiger partial charge in [0.1, 0.15) is 5.75 Å². The topological polar surface area (TPSA) is 73.2 Å². The van der Waals surface area contributed by atoms with E-state index < -0.39 is 0 Å². The Balaban J connectivity index is 1.63. The molecule has 6 nitrogen and oxygen atoms in total. The van der Waals surface area contributed by atoms with Crippen LogP contribution in [-0.4, -0.2) is 28.8 Å². The van der Waals surface area contributed by atoms with Crippen LogP contribution in [0.15, 0.2) is 53.3 Å². The quantitative estimate of drug-likeness (QED) is 0.654. The molecule has 0 unspecified atom stereocenters. The third kappa shape index (κ3) is 4.34. The Hall–Kier alpha value is -3.15. The lowest BCUT2D eigenvalue weighted by Crippen LogP contribution is -2.31. The highest BCUT2D eigenvalue weighted by molar-refractivity contribution is 6.04. The summed E-state index contributed by atoms with van der Waals surface area (Å²) in [5, 5.41) is 8.17. The monoisotopic (exact) mass is 365 g/mol. The number of benzene rings is 2. The minimum Gasteiger partial charge on any atom is -0.494 e. The van der Waals surface area contributed by atoms with Gasteiger partial charge in [-0.15, -0.1) is 0 Å². The van der Waals surface area contributed by atoms with Crippen LogP contribution >= 0.6 is 0 Å². The average molecular weight is 365 g/mol. The highest BCUT2D eigenvalue weighted by Gasteiger charge is 2.15. The molecule has 0 spiro atoms. The molecule has 0 aliphatic rings. The van der Waals surface area contributed by atoms with Crippen LogP contribution in [-0.2, 0) is 6.54 Å². The number of amides is 1. The van der Waals surface area contributed by atoms with E-state index in [-0.39, 0.29) is 17.2 Å². The molecule has 2 aromatic carbocycles. The molecular formula is C21H23N3O3. The molecule has 0 fully saturated rings. The van der Waals surface area contributed by atoms with Crippen LogP contribution in [0.1, 0.15) is 29.4 Å². The van der Waals surface area contributed by atoms with E-state index in [0.717, 1.165) is 11.3 Å². The molecule has 140 valence electrons. The number of carbonyl (C=O) groups excluding carboxylic acids is 1. The first-order chi connectivity index (χ1) is 13.1. The zero-order chi connectivity index (χ0) is 19.2. The first-order valence-corrected chi connectivity index (χ1v) is 9.07. The van der Waals surface area contributed by atoms with Gasteiger partial charge < -0.3 is 10.1 Å². The van der Waals surface area contributed by atoms with Gasteiger partial charge in [0.05, 0.1) is 12.0 Å². The fourth-order valence-electron chi connectivity index (χ4n) is 2.87. The summed E-state index contributed by atoms with van der Waals surface area (Å²) in [6, 6.07) is 14.9. The van der Waals surface area contributed by atoms with Gasteiger partial charge in [-0.1, -0.05) is 30.3 Å². The van der Waals surface area contributed by atoms with E-state index in [9.17, 15) is 9.59 Å². The van der Waals surface area contributed by atoms with Crippen molar-refractivity contribution in [1.29, 1.82) is 0 Å². The van der Waals surface area contributed by atoms with E-state index in [4.69, 9.17) is 4.74 Å². The largest absolute Gasteiger partial charge is 0.494 e.